The Balaban J connectivity index is 2.42. The molecule has 2 rings (SSSR count). The zero-order chi connectivity index (χ0) is 12.3. The molecular formula is C14H11ClN2. The fourth-order valence-electron chi connectivity index (χ4n) is 1.61. The Labute approximate surface area is 105 Å². The van der Waals surface area contributed by atoms with E-state index in [1.54, 1.807) is 6.07 Å². The van der Waals surface area contributed by atoms with Gasteiger partial charge in [-0.05, 0) is 30.7 Å². The van der Waals surface area contributed by atoms with Gasteiger partial charge in [0.05, 0.1) is 22.0 Å². The van der Waals surface area contributed by atoms with Gasteiger partial charge in [0.25, 0.3) is 0 Å². The second kappa shape index (κ2) is 4.90. The molecule has 84 valence electrons. The van der Waals surface area contributed by atoms with Gasteiger partial charge in [0.1, 0.15) is 6.07 Å². The zero-order valence-corrected chi connectivity index (χ0v) is 10.1. The normalized spacial score (nSPS) is 9.71. The molecule has 17 heavy (non-hydrogen) atoms. The Bertz CT molecular complexity index is 565. The summed E-state index contributed by atoms with van der Waals surface area (Å²) in [5.74, 6) is 0. The molecule has 0 aliphatic carbocycles. The number of hydrogen-bond donors (Lipinski definition) is 1. The number of nitriles is 1. The fourth-order valence-corrected chi connectivity index (χ4v) is 1.88. The first-order valence-electron chi connectivity index (χ1n) is 5.23. The second-order valence-corrected chi connectivity index (χ2v) is 4.12. The van der Waals surface area contributed by atoms with Crippen molar-refractivity contribution in [2.24, 2.45) is 0 Å². The average Bonchev–Trinajstić information content (AvgIpc) is 2.34. The number of aryl methyl sites for hydroxylation is 1. The summed E-state index contributed by atoms with van der Waals surface area (Å²) in [6, 6.07) is 15.2. The van der Waals surface area contributed by atoms with E-state index in [-0.39, 0.29) is 0 Å². The summed E-state index contributed by atoms with van der Waals surface area (Å²) in [6.07, 6.45) is 0. The molecule has 2 aromatic carbocycles. The number of para-hydroxylation sites is 2. The lowest BCUT2D eigenvalue weighted by atomic mass is 10.1. The standard InChI is InChI=1S/C14H11ClN2/c1-10-5-4-7-12(15)14(10)17-13-8-3-2-6-11(13)9-16/h2-8,17H,1H3. The Hall–Kier alpha value is -1.98. The Morgan fingerprint density at radius 2 is 1.88 bits per heavy atom. The molecule has 0 radical (unpaired) electrons. The lowest BCUT2D eigenvalue weighted by Crippen LogP contribution is -1.96. The van der Waals surface area contributed by atoms with Gasteiger partial charge in [-0.2, -0.15) is 5.26 Å². The average molecular weight is 243 g/mol. The van der Waals surface area contributed by atoms with Crippen LogP contribution in [0.3, 0.4) is 0 Å². The minimum absolute atomic E-state index is 0.604. The van der Waals surface area contributed by atoms with E-state index < -0.39 is 0 Å². The number of halogens is 1. The summed E-state index contributed by atoms with van der Waals surface area (Å²) in [6.45, 7) is 1.98. The van der Waals surface area contributed by atoms with Gasteiger partial charge in [-0.1, -0.05) is 35.9 Å². The molecule has 0 aromatic heterocycles. The first kappa shape index (κ1) is 11.5. The molecule has 0 saturated heterocycles. The molecule has 1 N–H and O–H groups in total. The number of nitrogens with one attached hydrogen (secondary N) is 1. The third-order valence-corrected chi connectivity index (χ3v) is 2.84. The Morgan fingerprint density at radius 1 is 1.12 bits per heavy atom. The highest BCUT2D eigenvalue weighted by molar-refractivity contribution is 6.33. The molecule has 0 aliphatic rings. The van der Waals surface area contributed by atoms with Gasteiger partial charge in [-0.15, -0.1) is 0 Å². The Kier molecular flexibility index (Phi) is 3.32. The first-order chi connectivity index (χ1) is 8.22. The van der Waals surface area contributed by atoms with Gasteiger partial charge < -0.3 is 5.32 Å². The molecule has 0 unspecified atom stereocenters. The van der Waals surface area contributed by atoms with Crippen molar-refractivity contribution in [2.75, 3.05) is 5.32 Å². The molecule has 2 aromatic rings. The van der Waals surface area contributed by atoms with E-state index in [4.69, 9.17) is 16.9 Å². The molecule has 0 spiro atoms. The summed E-state index contributed by atoms with van der Waals surface area (Å²) < 4.78 is 0. The van der Waals surface area contributed by atoms with Crippen LogP contribution in [-0.2, 0) is 0 Å². The molecule has 3 heteroatoms. The molecule has 0 saturated carbocycles. The first-order valence-corrected chi connectivity index (χ1v) is 5.61. The quantitative estimate of drug-likeness (QED) is 0.854. The van der Waals surface area contributed by atoms with Crippen molar-refractivity contribution >= 4 is 23.0 Å². The van der Waals surface area contributed by atoms with Gasteiger partial charge in [0.15, 0.2) is 0 Å². The van der Waals surface area contributed by atoms with Gasteiger partial charge >= 0.3 is 0 Å². The maximum absolute atomic E-state index is 9.01. The summed E-state index contributed by atoms with van der Waals surface area (Å²) in [4.78, 5) is 0. The monoisotopic (exact) mass is 242 g/mol. The van der Waals surface area contributed by atoms with Crippen molar-refractivity contribution < 1.29 is 0 Å². The van der Waals surface area contributed by atoms with Crippen LogP contribution < -0.4 is 5.32 Å². The highest BCUT2D eigenvalue weighted by Crippen LogP contribution is 2.29. The molecule has 0 fully saturated rings. The van der Waals surface area contributed by atoms with Crippen LogP contribution in [0.5, 0.6) is 0 Å². The maximum atomic E-state index is 9.01. The van der Waals surface area contributed by atoms with Gasteiger partial charge in [0, 0.05) is 0 Å². The third kappa shape index (κ3) is 2.41. The van der Waals surface area contributed by atoms with Crippen LogP contribution in [0.25, 0.3) is 0 Å². The highest BCUT2D eigenvalue weighted by Gasteiger charge is 2.06. The largest absolute Gasteiger partial charge is 0.353 e. The van der Waals surface area contributed by atoms with Crippen molar-refractivity contribution in [1.29, 1.82) is 5.26 Å². The predicted octanol–water partition coefficient (Wildman–Crippen LogP) is 4.26. The topological polar surface area (TPSA) is 35.8 Å². The van der Waals surface area contributed by atoms with Crippen molar-refractivity contribution in [2.45, 2.75) is 6.92 Å². The van der Waals surface area contributed by atoms with Crippen molar-refractivity contribution in [3.63, 3.8) is 0 Å². The number of anilines is 2. The van der Waals surface area contributed by atoms with Crippen molar-refractivity contribution in [3.8, 4) is 6.07 Å². The lowest BCUT2D eigenvalue weighted by molar-refractivity contribution is 1.41. The van der Waals surface area contributed by atoms with Gasteiger partial charge in [-0.25, -0.2) is 0 Å². The number of rotatable bonds is 2. The fraction of sp³-hybridized carbons (Fsp3) is 0.0714. The van der Waals surface area contributed by atoms with E-state index in [0.717, 1.165) is 16.9 Å². The summed E-state index contributed by atoms with van der Waals surface area (Å²) in [5, 5.41) is 12.9. The van der Waals surface area contributed by atoms with Crippen LogP contribution in [0, 0.1) is 18.3 Å². The molecule has 0 bridgehead atoms. The van der Waals surface area contributed by atoms with Gasteiger partial charge in [0.2, 0.25) is 0 Å². The molecular weight excluding hydrogens is 232 g/mol. The SMILES string of the molecule is Cc1cccc(Cl)c1Nc1ccccc1C#N. The van der Waals surface area contributed by atoms with Gasteiger partial charge in [-0.3, -0.25) is 0 Å². The highest BCUT2D eigenvalue weighted by atomic mass is 35.5. The third-order valence-electron chi connectivity index (χ3n) is 2.53. The van der Waals surface area contributed by atoms with Crippen molar-refractivity contribution in [1.82, 2.24) is 0 Å². The van der Waals surface area contributed by atoms with Crippen molar-refractivity contribution in [3.05, 3.63) is 58.6 Å². The minimum atomic E-state index is 0.604. The lowest BCUT2D eigenvalue weighted by Gasteiger charge is -2.12. The molecule has 0 amide bonds. The van der Waals surface area contributed by atoms with Crippen LogP contribution in [0.2, 0.25) is 5.02 Å². The maximum Gasteiger partial charge on any atom is 0.101 e. The smallest absolute Gasteiger partial charge is 0.101 e. The summed E-state index contributed by atoms with van der Waals surface area (Å²) in [5.41, 5.74) is 3.26. The van der Waals surface area contributed by atoms with E-state index in [0.29, 0.717) is 10.6 Å². The Morgan fingerprint density at radius 3 is 2.59 bits per heavy atom. The second-order valence-electron chi connectivity index (χ2n) is 3.71. The molecule has 0 atom stereocenters. The predicted molar refractivity (Wildman–Crippen MR) is 70.6 cm³/mol. The molecule has 0 aliphatic heterocycles. The van der Waals surface area contributed by atoms with E-state index >= 15 is 0 Å². The van der Waals surface area contributed by atoms with Crippen LogP contribution >= 0.6 is 11.6 Å². The molecule has 0 heterocycles. The van der Waals surface area contributed by atoms with Crippen LogP contribution in [0.4, 0.5) is 11.4 Å². The van der Waals surface area contributed by atoms with E-state index in [1.807, 2.05) is 43.3 Å². The van der Waals surface area contributed by atoms with E-state index in [1.165, 1.54) is 0 Å². The summed E-state index contributed by atoms with van der Waals surface area (Å²) in [7, 11) is 0. The van der Waals surface area contributed by atoms with Crippen LogP contribution in [0.1, 0.15) is 11.1 Å². The zero-order valence-electron chi connectivity index (χ0n) is 9.37. The van der Waals surface area contributed by atoms with E-state index in [2.05, 4.69) is 11.4 Å². The van der Waals surface area contributed by atoms with Crippen LogP contribution in [-0.4, -0.2) is 0 Å². The van der Waals surface area contributed by atoms with E-state index in [9.17, 15) is 0 Å². The summed E-state index contributed by atoms with van der Waals surface area (Å²) >= 11 is 6.13. The van der Waals surface area contributed by atoms with Crippen LogP contribution in [0.15, 0.2) is 42.5 Å². The number of nitrogens with zero attached hydrogens (tertiary/aromatic N) is 1. The number of hydrogen-bond acceptors (Lipinski definition) is 2. The molecule has 2 nitrogen and oxygen atoms in total. The number of benzene rings is 2. The minimum Gasteiger partial charge on any atom is -0.353 e.